The normalized spacial score (nSPS) is 12.1. The van der Waals surface area contributed by atoms with Crippen LogP contribution in [0.2, 0.25) is 5.02 Å². The third-order valence-electron chi connectivity index (χ3n) is 2.93. The van der Waals surface area contributed by atoms with Crippen LogP contribution in [0.3, 0.4) is 0 Å². The van der Waals surface area contributed by atoms with Crippen LogP contribution in [0.4, 0.5) is 0 Å². The van der Waals surface area contributed by atoms with Crippen LogP contribution in [0.25, 0.3) is 0 Å². The summed E-state index contributed by atoms with van der Waals surface area (Å²) in [5, 5.41) is 11.1. The first-order chi connectivity index (χ1) is 10.1. The lowest BCUT2D eigenvalue weighted by molar-refractivity contribution is -0.119. The highest BCUT2D eigenvalue weighted by atomic mass is 35.5. The summed E-state index contributed by atoms with van der Waals surface area (Å²) in [4.78, 5) is 16.2. The summed E-state index contributed by atoms with van der Waals surface area (Å²) in [6, 6.07) is 7.38. The van der Waals surface area contributed by atoms with Crippen LogP contribution in [0, 0.1) is 0 Å². The Kier molecular flexibility index (Phi) is 5.64. The van der Waals surface area contributed by atoms with Gasteiger partial charge in [-0.2, -0.15) is 0 Å². The van der Waals surface area contributed by atoms with E-state index in [0.717, 1.165) is 17.8 Å². The Morgan fingerprint density at radius 2 is 2.14 bits per heavy atom. The number of benzene rings is 1. The van der Waals surface area contributed by atoms with Crippen molar-refractivity contribution in [1.82, 2.24) is 20.5 Å². The van der Waals surface area contributed by atoms with E-state index >= 15 is 0 Å². The van der Waals surface area contributed by atoms with Gasteiger partial charge in [-0.25, -0.2) is 4.98 Å². The van der Waals surface area contributed by atoms with Crippen molar-refractivity contribution in [2.45, 2.75) is 31.5 Å². The Morgan fingerprint density at radius 1 is 1.43 bits per heavy atom. The molecule has 21 heavy (non-hydrogen) atoms. The number of carbonyl (C=O) groups excluding carboxylic acids is 1. The number of H-pyrrole nitrogens is 1. The van der Waals surface area contributed by atoms with Crippen molar-refractivity contribution in [3.8, 4) is 0 Å². The zero-order valence-electron chi connectivity index (χ0n) is 11.9. The highest BCUT2D eigenvalue weighted by Gasteiger charge is 2.11. The van der Waals surface area contributed by atoms with Crippen molar-refractivity contribution < 1.29 is 4.79 Å². The number of rotatable bonds is 6. The minimum atomic E-state index is -0.0614. The molecule has 2 aromatic rings. The van der Waals surface area contributed by atoms with E-state index in [0.29, 0.717) is 15.9 Å². The van der Waals surface area contributed by atoms with E-state index in [1.165, 1.54) is 11.8 Å². The molecule has 1 amide bonds. The number of nitrogens with zero attached hydrogens (tertiary/aromatic N) is 2. The van der Waals surface area contributed by atoms with Crippen LogP contribution in [-0.2, 0) is 11.2 Å². The van der Waals surface area contributed by atoms with Gasteiger partial charge in [-0.3, -0.25) is 9.89 Å². The molecule has 1 atom stereocenters. The minimum Gasteiger partial charge on any atom is -0.349 e. The molecule has 2 rings (SSSR count). The SMILES string of the molecule is CCc1nc(SCC(=O)NC(C)c2ccc(Cl)cc2)n[nH]1. The Bertz CT molecular complexity index is 599. The maximum atomic E-state index is 11.9. The van der Waals surface area contributed by atoms with Crippen LogP contribution in [0.1, 0.15) is 31.3 Å². The molecule has 7 heteroatoms. The Morgan fingerprint density at radius 3 is 2.76 bits per heavy atom. The number of hydrogen-bond acceptors (Lipinski definition) is 4. The van der Waals surface area contributed by atoms with Crippen molar-refractivity contribution in [2.75, 3.05) is 5.75 Å². The third-order valence-corrected chi connectivity index (χ3v) is 4.03. The van der Waals surface area contributed by atoms with Crippen molar-refractivity contribution in [2.24, 2.45) is 0 Å². The lowest BCUT2D eigenvalue weighted by atomic mass is 10.1. The number of aromatic amines is 1. The molecule has 0 spiro atoms. The zero-order valence-corrected chi connectivity index (χ0v) is 13.5. The summed E-state index contributed by atoms with van der Waals surface area (Å²) in [5.41, 5.74) is 1.02. The molecule has 2 N–H and O–H groups in total. The lowest BCUT2D eigenvalue weighted by Gasteiger charge is -2.13. The molecule has 0 fully saturated rings. The fourth-order valence-corrected chi connectivity index (χ4v) is 2.50. The molecule has 0 aliphatic heterocycles. The Balaban J connectivity index is 1.82. The number of hydrogen-bond donors (Lipinski definition) is 2. The number of amides is 1. The van der Waals surface area contributed by atoms with Crippen molar-refractivity contribution >= 4 is 29.3 Å². The molecule has 0 saturated carbocycles. The lowest BCUT2D eigenvalue weighted by Crippen LogP contribution is -2.28. The highest BCUT2D eigenvalue weighted by Crippen LogP contribution is 2.17. The van der Waals surface area contributed by atoms with E-state index in [4.69, 9.17) is 11.6 Å². The second-order valence-corrected chi connectivity index (χ2v) is 5.93. The number of aromatic nitrogens is 3. The fraction of sp³-hybridized carbons (Fsp3) is 0.357. The summed E-state index contributed by atoms with van der Waals surface area (Å²) in [7, 11) is 0. The van der Waals surface area contributed by atoms with Crippen LogP contribution < -0.4 is 5.32 Å². The van der Waals surface area contributed by atoms with Gasteiger partial charge in [-0.05, 0) is 24.6 Å². The van der Waals surface area contributed by atoms with E-state index in [1.807, 2.05) is 38.1 Å². The number of carbonyl (C=O) groups is 1. The van der Waals surface area contributed by atoms with Gasteiger partial charge < -0.3 is 5.32 Å². The van der Waals surface area contributed by atoms with E-state index in [2.05, 4.69) is 20.5 Å². The van der Waals surface area contributed by atoms with Gasteiger partial charge in [-0.15, -0.1) is 5.10 Å². The maximum Gasteiger partial charge on any atom is 0.230 e. The van der Waals surface area contributed by atoms with Crippen molar-refractivity contribution in [3.05, 3.63) is 40.7 Å². The van der Waals surface area contributed by atoms with Gasteiger partial charge in [0.25, 0.3) is 0 Å². The number of thioether (sulfide) groups is 1. The largest absolute Gasteiger partial charge is 0.349 e. The van der Waals surface area contributed by atoms with Gasteiger partial charge in [0.05, 0.1) is 11.8 Å². The highest BCUT2D eigenvalue weighted by molar-refractivity contribution is 7.99. The van der Waals surface area contributed by atoms with Crippen molar-refractivity contribution in [1.29, 1.82) is 0 Å². The molecule has 0 bridgehead atoms. The number of aryl methyl sites for hydroxylation is 1. The molecule has 1 heterocycles. The molecular weight excluding hydrogens is 308 g/mol. The predicted molar refractivity (Wildman–Crippen MR) is 84.5 cm³/mol. The molecule has 112 valence electrons. The standard InChI is InChI=1S/C14H17ClN4OS/c1-3-12-17-14(19-18-12)21-8-13(20)16-9(2)10-4-6-11(15)7-5-10/h4-7,9H,3,8H2,1-2H3,(H,16,20)(H,17,18,19). The van der Waals surface area contributed by atoms with Gasteiger partial charge in [0.15, 0.2) is 0 Å². The molecule has 1 aromatic heterocycles. The number of halogens is 1. The molecule has 0 radical (unpaired) electrons. The summed E-state index contributed by atoms with van der Waals surface area (Å²) < 4.78 is 0. The molecule has 0 aliphatic carbocycles. The van der Waals surface area contributed by atoms with Crippen molar-refractivity contribution in [3.63, 3.8) is 0 Å². The molecule has 0 aliphatic rings. The first-order valence-electron chi connectivity index (χ1n) is 6.67. The average Bonchev–Trinajstić information content (AvgIpc) is 2.94. The van der Waals surface area contributed by atoms with Crippen LogP contribution in [0.5, 0.6) is 0 Å². The molecule has 0 saturated heterocycles. The smallest absolute Gasteiger partial charge is 0.230 e. The number of nitrogens with one attached hydrogen (secondary N) is 2. The van der Waals surface area contributed by atoms with Crippen LogP contribution >= 0.6 is 23.4 Å². The first kappa shape index (κ1) is 15.9. The van der Waals surface area contributed by atoms with Gasteiger partial charge in [0, 0.05) is 11.4 Å². The zero-order chi connectivity index (χ0) is 15.2. The molecular formula is C14H17ClN4OS. The van der Waals surface area contributed by atoms with Gasteiger partial charge >= 0.3 is 0 Å². The maximum absolute atomic E-state index is 11.9. The average molecular weight is 325 g/mol. The van der Waals surface area contributed by atoms with Crippen LogP contribution in [0.15, 0.2) is 29.4 Å². The molecule has 5 nitrogen and oxygen atoms in total. The van der Waals surface area contributed by atoms with Gasteiger partial charge in [0.2, 0.25) is 11.1 Å². The Labute approximate surface area is 132 Å². The van der Waals surface area contributed by atoms with E-state index < -0.39 is 0 Å². The minimum absolute atomic E-state index is 0.0506. The summed E-state index contributed by atoms with van der Waals surface area (Å²) in [6.07, 6.45) is 0.799. The Hall–Kier alpha value is -1.53. The monoisotopic (exact) mass is 324 g/mol. The predicted octanol–water partition coefficient (Wildman–Crippen LogP) is 2.99. The summed E-state index contributed by atoms with van der Waals surface area (Å²) in [5.74, 6) is 1.07. The van der Waals surface area contributed by atoms with Gasteiger partial charge in [-0.1, -0.05) is 42.4 Å². The first-order valence-corrected chi connectivity index (χ1v) is 8.03. The van der Waals surface area contributed by atoms with Crippen LogP contribution in [-0.4, -0.2) is 26.8 Å². The summed E-state index contributed by atoms with van der Waals surface area (Å²) in [6.45, 7) is 3.93. The molecule has 1 unspecified atom stereocenters. The summed E-state index contributed by atoms with van der Waals surface area (Å²) >= 11 is 7.16. The second kappa shape index (κ2) is 7.47. The van der Waals surface area contributed by atoms with E-state index in [1.54, 1.807) is 0 Å². The van der Waals surface area contributed by atoms with E-state index in [9.17, 15) is 4.79 Å². The fourth-order valence-electron chi connectivity index (χ4n) is 1.75. The quantitative estimate of drug-likeness (QED) is 0.801. The van der Waals surface area contributed by atoms with Gasteiger partial charge in [0.1, 0.15) is 5.82 Å². The van der Waals surface area contributed by atoms with E-state index in [-0.39, 0.29) is 11.9 Å². The molecule has 1 aromatic carbocycles. The third kappa shape index (κ3) is 4.75. The second-order valence-electron chi connectivity index (χ2n) is 4.55. The topological polar surface area (TPSA) is 70.7 Å².